The van der Waals surface area contributed by atoms with Crippen molar-refractivity contribution in [1.82, 2.24) is 0 Å². The number of hydrogen-bond donors (Lipinski definition) is 0. The van der Waals surface area contributed by atoms with Gasteiger partial charge in [-0.2, -0.15) is 0 Å². The Labute approximate surface area is 391 Å². The van der Waals surface area contributed by atoms with E-state index in [1.54, 1.807) is 0 Å². The largest absolute Gasteiger partial charge is 0.756 e. The Morgan fingerprint density at radius 3 is 1.30 bits per heavy atom. The number of carbonyl (C=O) groups is 1. The summed E-state index contributed by atoms with van der Waals surface area (Å²) in [5, 5.41) is 0. The molecule has 0 rings (SSSR count). The SMILES string of the molecule is CCCCCCC/C=C\C/C=C\C/C=C\CCCCCCCCC(=O)OC(COCCCCCCCCCCCCCCCCCCCCCC)COP(=O)([O-])OCC[N+](C)(C)C. The van der Waals surface area contributed by atoms with E-state index in [0.29, 0.717) is 24.1 Å². The predicted octanol–water partition coefficient (Wildman–Crippen LogP) is 15.9. The number of unbranched alkanes of at least 4 members (excludes halogenated alkanes) is 30. The second kappa shape index (κ2) is 47.2. The second-order valence-electron chi connectivity index (χ2n) is 19.2. The standard InChI is InChI=1S/C54H104NO7P/c1-6-8-10-12-14-16-18-20-22-24-26-28-29-31-33-35-37-39-41-43-45-47-54(56)62-53(52-61-63(57,58)60-50-48-55(3,4)5)51-59-49-46-44-42-40-38-36-34-32-30-27-25-23-21-19-17-15-13-11-9-7-2/h18,20,24,26,29,31,53H,6-17,19,21-23,25,27-28,30,32-52H2,1-5H3/b20-18-,26-24-,31-29-. The molecule has 0 aromatic carbocycles. The Morgan fingerprint density at radius 2 is 0.873 bits per heavy atom. The van der Waals surface area contributed by atoms with Crippen molar-refractivity contribution >= 4 is 13.8 Å². The lowest BCUT2D eigenvalue weighted by molar-refractivity contribution is -0.870. The summed E-state index contributed by atoms with van der Waals surface area (Å²) in [5.74, 6) is -0.342. The fourth-order valence-electron chi connectivity index (χ4n) is 7.56. The monoisotopic (exact) mass is 910 g/mol. The topological polar surface area (TPSA) is 94.1 Å². The summed E-state index contributed by atoms with van der Waals surface area (Å²) in [6.07, 6.45) is 57.4. The third kappa shape index (κ3) is 51.6. The van der Waals surface area contributed by atoms with Gasteiger partial charge < -0.3 is 27.9 Å². The van der Waals surface area contributed by atoms with Gasteiger partial charge in [0.15, 0.2) is 0 Å². The van der Waals surface area contributed by atoms with Crippen LogP contribution in [0.2, 0.25) is 0 Å². The van der Waals surface area contributed by atoms with Gasteiger partial charge >= 0.3 is 5.97 Å². The molecule has 0 fully saturated rings. The number of phosphoric acid groups is 1. The van der Waals surface area contributed by atoms with Crippen LogP contribution in [0.5, 0.6) is 0 Å². The molecule has 0 amide bonds. The number of nitrogens with zero attached hydrogens (tertiary/aromatic N) is 1. The fourth-order valence-corrected chi connectivity index (χ4v) is 8.28. The maximum absolute atomic E-state index is 12.8. The molecule has 0 spiro atoms. The van der Waals surface area contributed by atoms with Gasteiger partial charge in [-0.1, -0.05) is 224 Å². The molecule has 0 aromatic rings. The Bertz CT molecular complexity index is 1100. The highest BCUT2D eigenvalue weighted by Gasteiger charge is 2.20. The van der Waals surface area contributed by atoms with Crippen LogP contribution in [0.15, 0.2) is 36.5 Å². The van der Waals surface area contributed by atoms with Crippen molar-refractivity contribution in [2.45, 2.75) is 251 Å². The van der Waals surface area contributed by atoms with Crippen LogP contribution in [-0.2, 0) is 27.9 Å². The number of phosphoric ester groups is 1. The average molecular weight is 910 g/mol. The van der Waals surface area contributed by atoms with Crippen LogP contribution < -0.4 is 4.89 Å². The molecule has 0 saturated carbocycles. The van der Waals surface area contributed by atoms with Crippen molar-refractivity contribution in [3.63, 3.8) is 0 Å². The number of likely N-dealkylation sites (N-methyl/N-ethyl adjacent to an activating group) is 1. The first-order valence-corrected chi connectivity index (χ1v) is 28.2. The van der Waals surface area contributed by atoms with Crippen molar-refractivity contribution in [2.24, 2.45) is 0 Å². The van der Waals surface area contributed by atoms with E-state index in [4.69, 9.17) is 18.5 Å². The average Bonchev–Trinajstić information content (AvgIpc) is 3.24. The van der Waals surface area contributed by atoms with E-state index in [9.17, 15) is 14.3 Å². The summed E-state index contributed by atoms with van der Waals surface area (Å²) in [4.78, 5) is 25.2. The number of hydrogen-bond acceptors (Lipinski definition) is 7. The van der Waals surface area contributed by atoms with E-state index in [2.05, 4.69) is 50.3 Å². The van der Waals surface area contributed by atoms with E-state index in [-0.39, 0.29) is 25.8 Å². The molecule has 0 aliphatic rings. The summed E-state index contributed by atoms with van der Waals surface area (Å²) in [6.45, 7) is 5.43. The van der Waals surface area contributed by atoms with Gasteiger partial charge in [0.25, 0.3) is 7.82 Å². The summed E-state index contributed by atoms with van der Waals surface area (Å²) >= 11 is 0. The molecule has 0 bridgehead atoms. The Kier molecular flexibility index (Phi) is 46.3. The molecule has 0 aromatic heterocycles. The zero-order chi connectivity index (χ0) is 46.2. The van der Waals surface area contributed by atoms with Gasteiger partial charge in [-0.15, -0.1) is 0 Å². The zero-order valence-electron chi connectivity index (χ0n) is 42.3. The molecule has 2 atom stereocenters. The van der Waals surface area contributed by atoms with Gasteiger partial charge in [0, 0.05) is 13.0 Å². The Morgan fingerprint density at radius 1 is 0.492 bits per heavy atom. The molecule has 9 heteroatoms. The molecular weight excluding hydrogens is 806 g/mol. The number of allylic oxidation sites excluding steroid dienone is 6. The van der Waals surface area contributed by atoms with Crippen molar-refractivity contribution in [3.8, 4) is 0 Å². The number of rotatable bonds is 50. The van der Waals surface area contributed by atoms with Crippen LogP contribution in [0, 0.1) is 0 Å². The molecule has 63 heavy (non-hydrogen) atoms. The molecule has 0 aliphatic heterocycles. The quantitative estimate of drug-likeness (QED) is 0.0197. The first-order valence-electron chi connectivity index (χ1n) is 26.7. The zero-order valence-corrected chi connectivity index (χ0v) is 43.2. The number of carbonyl (C=O) groups excluding carboxylic acids is 1. The number of quaternary nitrogens is 1. The molecule has 0 saturated heterocycles. The molecule has 0 aliphatic carbocycles. The fraction of sp³-hybridized carbons (Fsp3) is 0.870. The molecule has 0 N–H and O–H groups in total. The maximum Gasteiger partial charge on any atom is 0.306 e. The predicted molar refractivity (Wildman–Crippen MR) is 268 cm³/mol. The van der Waals surface area contributed by atoms with Crippen LogP contribution in [0.4, 0.5) is 0 Å². The van der Waals surface area contributed by atoms with E-state index in [1.807, 2.05) is 21.1 Å². The van der Waals surface area contributed by atoms with Gasteiger partial charge in [0.05, 0.1) is 34.4 Å². The maximum atomic E-state index is 12.8. The van der Waals surface area contributed by atoms with Crippen LogP contribution in [-0.4, -0.2) is 70.7 Å². The highest BCUT2D eigenvalue weighted by atomic mass is 31.2. The third-order valence-electron chi connectivity index (χ3n) is 11.7. The summed E-state index contributed by atoms with van der Waals surface area (Å²) in [7, 11) is 1.36. The molecular formula is C54H104NO7P. The van der Waals surface area contributed by atoms with E-state index in [0.717, 1.165) is 57.8 Å². The second-order valence-corrected chi connectivity index (χ2v) is 20.7. The lowest BCUT2D eigenvalue weighted by atomic mass is 10.0. The van der Waals surface area contributed by atoms with Gasteiger partial charge in [-0.25, -0.2) is 0 Å². The van der Waals surface area contributed by atoms with Crippen molar-refractivity contribution in [1.29, 1.82) is 0 Å². The summed E-state index contributed by atoms with van der Waals surface area (Å²) in [5.41, 5.74) is 0. The normalized spacial score (nSPS) is 13.8. The first-order chi connectivity index (χ1) is 30.6. The van der Waals surface area contributed by atoms with Crippen LogP contribution in [0.1, 0.15) is 245 Å². The van der Waals surface area contributed by atoms with Crippen molar-refractivity contribution < 1.29 is 37.3 Å². The van der Waals surface area contributed by atoms with Crippen LogP contribution in [0.25, 0.3) is 0 Å². The lowest BCUT2D eigenvalue weighted by Crippen LogP contribution is -2.37. The molecule has 2 unspecified atom stereocenters. The minimum absolute atomic E-state index is 0.0244. The molecule has 8 nitrogen and oxygen atoms in total. The van der Waals surface area contributed by atoms with Gasteiger partial charge in [-0.3, -0.25) is 9.36 Å². The first kappa shape index (κ1) is 61.7. The highest BCUT2D eigenvalue weighted by Crippen LogP contribution is 2.38. The minimum Gasteiger partial charge on any atom is -0.756 e. The summed E-state index contributed by atoms with van der Waals surface area (Å²) < 4.78 is 34.8. The third-order valence-corrected chi connectivity index (χ3v) is 12.7. The Hall–Kier alpha value is -1.28. The minimum atomic E-state index is -4.53. The van der Waals surface area contributed by atoms with Gasteiger partial charge in [-0.05, 0) is 51.4 Å². The summed E-state index contributed by atoms with van der Waals surface area (Å²) in [6, 6.07) is 0. The van der Waals surface area contributed by atoms with Crippen molar-refractivity contribution in [2.75, 3.05) is 54.1 Å². The Balaban J connectivity index is 4.14. The van der Waals surface area contributed by atoms with E-state index >= 15 is 0 Å². The van der Waals surface area contributed by atoms with E-state index < -0.39 is 13.9 Å². The number of esters is 1. The van der Waals surface area contributed by atoms with Gasteiger partial charge in [0.1, 0.15) is 19.3 Å². The van der Waals surface area contributed by atoms with Crippen molar-refractivity contribution in [3.05, 3.63) is 36.5 Å². The van der Waals surface area contributed by atoms with E-state index in [1.165, 1.54) is 167 Å². The molecule has 0 heterocycles. The smallest absolute Gasteiger partial charge is 0.306 e. The molecule has 0 radical (unpaired) electrons. The lowest BCUT2D eigenvalue weighted by Gasteiger charge is -2.28. The van der Waals surface area contributed by atoms with Crippen LogP contribution in [0.3, 0.4) is 0 Å². The van der Waals surface area contributed by atoms with Crippen LogP contribution >= 0.6 is 7.82 Å². The number of ether oxygens (including phenoxy) is 2. The van der Waals surface area contributed by atoms with Gasteiger partial charge in [0.2, 0.25) is 0 Å². The molecule has 372 valence electrons. The highest BCUT2D eigenvalue weighted by molar-refractivity contribution is 7.45.